The van der Waals surface area contributed by atoms with E-state index in [2.05, 4.69) is 10.5 Å². The second-order valence-corrected chi connectivity index (χ2v) is 6.26. The van der Waals surface area contributed by atoms with Gasteiger partial charge in [0.05, 0.1) is 19.0 Å². The Hall–Kier alpha value is -3.12. The van der Waals surface area contributed by atoms with E-state index in [-0.39, 0.29) is 5.69 Å². The van der Waals surface area contributed by atoms with Gasteiger partial charge in [0.15, 0.2) is 17.3 Å². The zero-order chi connectivity index (χ0) is 19.9. The zero-order valence-corrected chi connectivity index (χ0v) is 15.7. The summed E-state index contributed by atoms with van der Waals surface area (Å²) in [6.45, 7) is 0.367. The van der Waals surface area contributed by atoms with Gasteiger partial charge in [0.25, 0.3) is 0 Å². The molecule has 0 saturated heterocycles. The molecule has 0 aliphatic heterocycles. The summed E-state index contributed by atoms with van der Waals surface area (Å²) in [6, 6.07) is 15.9. The van der Waals surface area contributed by atoms with Crippen molar-refractivity contribution >= 4 is 23.5 Å². The van der Waals surface area contributed by atoms with Crippen LogP contribution in [-0.2, 0) is 6.61 Å². The summed E-state index contributed by atoms with van der Waals surface area (Å²) >= 11 is 5.87. The molecule has 0 aliphatic rings. The van der Waals surface area contributed by atoms with Gasteiger partial charge in [0.2, 0.25) is 0 Å². The first kappa shape index (κ1) is 19.6. The minimum atomic E-state index is -0.722. The van der Waals surface area contributed by atoms with E-state index in [1.165, 1.54) is 19.4 Å². The van der Waals surface area contributed by atoms with Crippen molar-refractivity contribution in [2.45, 2.75) is 6.61 Å². The van der Waals surface area contributed by atoms with Crippen LogP contribution >= 0.6 is 11.6 Å². The second-order valence-electron chi connectivity index (χ2n) is 5.82. The third-order valence-electron chi connectivity index (χ3n) is 3.83. The normalized spacial score (nSPS) is 10.9. The van der Waals surface area contributed by atoms with Crippen LogP contribution in [0.3, 0.4) is 0 Å². The van der Waals surface area contributed by atoms with Crippen LogP contribution in [0.1, 0.15) is 11.1 Å². The van der Waals surface area contributed by atoms with Crippen LogP contribution in [0.2, 0.25) is 5.02 Å². The molecule has 0 amide bonds. The molecule has 7 heteroatoms. The van der Waals surface area contributed by atoms with Crippen LogP contribution in [0.15, 0.2) is 65.8 Å². The molecule has 0 bridgehead atoms. The number of benzene rings is 3. The number of rotatable bonds is 7. The van der Waals surface area contributed by atoms with Crippen molar-refractivity contribution in [2.75, 3.05) is 12.5 Å². The third-order valence-corrected chi connectivity index (χ3v) is 4.08. The van der Waals surface area contributed by atoms with Crippen molar-refractivity contribution < 1.29 is 18.3 Å². The van der Waals surface area contributed by atoms with Gasteiger partial charge in [0, 0.05) is 11.1 Å². The predicted molar refractivity (Wildman–Crippen MR) is 106 cm³/mol. The van der Waals surface area contributed by atoms with Gasteiger partial charge in [-0.3, -0.25) is 5.43 Å². The molecule has 0 saturated carbocycles. The van der Waals surface area contributed by atoms with Gasteiger partial charge in [-0.25, -0.2) is 8.78 Å². The topological polar surface area (TPSA) is 42.8 Å². The fourth-order valence-corrected chi connectivity index (χ4v) is 2.51. The Kier molecular flexibility index (Phi) is 6.45. The first-order chi connectivity index (χ1) is 13.5. The van der Waals surface area contributed by atoms with E-state index in [9.17, 15) is 8.78 Å². The molecule has 0 unspecified atom stereocenters. The maximum absolute atomic E-state index is 13.6. The summed E-state index contributed by atoms with van der Waals surface area (Å²) in [6.07, 6.45) is 1.49. The fourth-order valence-electron chi connectivity index (χ4n) is 2.38. The van der Waals surface area contributed by atoms with E-state index in [4.69, 9.17) is 21.1 Å². The van der Waals surface area contributed by atoms with E-state index in [0.717, 1.165) is 17.7 Å². The number of halogens is 3. The van der Waals surface area contributed by atoms with Gasteiger partial charge in [0.1, 0.15) is 12.4 Å². The first-order valence-corrected chi connectivity index (χ1v) is 8.72. The van der Waals surface area contributed by atoms with Crippen LogP contribution in [0, 0.1) is 11.6 Å². The van der Waals surface area contributed by atoms with E-state index in [0.29, 0.717) is 28.7 Å². The van der Waals surface area contributed by atoms with Gasteiger partial charge in [-0.2, -0.15) is 5.10 Å². The highest BCUT2D eigenvalue weighted by Gasteiger charge is 2.06. The average Bonchev–Trinajstić information content (AvgIpc) is 2.69. The lowest BCUT2D eigenvalue weighted by molar-refractivity contribution is 0.284. The molecule has 144 valence electrons. The zero-order valence-electron chi connectivity index (χ0n) is 15.0. The molecule has 28 heavy (non-hydrogen) atoms. The summed E-state index contributed by atoms with van der Waals surface area (Å²) in [5, 5.41) is 4.63. The summed E-state index contributed by atoms with van der Waals surface area (Å²) in [7, 11) is 1.54. The lowest BCUT2D eigenvalue weighted by Gasteiger charge is -2.11. The van der Waals surface area contributed by atoms with E-state index in [1.54, 1.807) is 30.3 Å². The highest BCUT2D eigenvalue weighted by Crippen LogP contribution is 2.28. The standard InChI is InChI=1S/C21H17ClF2N2O2/c1-27-21-10-15(12-25-26-19-8-7-17(23)11-18(19)24)4-9-20(21)28-13-14-2-5-16(22)6-3-14/h2-12,26H,13H2,1H3. The van der Waals surface area contributed by atoms with Gasteiger partial charge in [-0.1, -0.05) is 23.7 Å². The smallest absolute Gasteiger partial charge is 0.161 e. The molecule has 3 rings (SSSR count). The number of anilines is 1. The lowest BCUT2D eigenvalue weighted by Crippen LogP contribution is -1.99. The highest BCUT2D eigenvalue weighted by atomic mass is 35.5. The number of hydrazone groups is 1. The number of nitrogens with one attached hydrogen (secondary N) is 1. The van der Waals surface area contributed by atoms with Crippen LogP contribution in [0.25, 0.3) is 0 Å². The Balaban J connectivity index is 1.65. The number of nitrogens with zero attached hydrogens (tertiary/aromatic N) is 1. The van der Waals surface area contributed by atoms with E-state index in [1.807, 2.05) is 12.1 Å². The van der Waals surface area contributed by atoms with Crippen molar-refractivity contribution in [2.24, 2.45) is 5.10 Å². The maximum Gasteiger partial charge on any atom is 0.161 e. The van der Waals surface area contributed by atoms with Gasteiger partial charge in [-0.05, 0) is 53.6 Å². The summed E-state index contributed by atoms with van der Waals surface area (Å²) in [5.74, 6) is -0.260. The van der Waals surface area contributed by atoms with Crippen LogP contribution in [0.4, 0.5) is 14.5 Å². The van der Waals surface area contributed by atoms with Crippen molar-refractivity contribution in [1.82, 2.24) is 0 Å². The van der Waals surface area contributed by atoms with Crippen molar-refractivity contribution in [1.29, 1.82) is 0 Å². The number of hydrogen-bond donors (Lipinski definition) is 1. The average molecular weight is 403 g/mol. The van der Waals surface area contributed by atoms with Crippen LogP contribution in [-0.4, -0.2) is 13.3 Å². The molecule has 3 aromatic carbocycles. The number of methoxy groups -OCH3 is 1. The molecular weight excluding hydrogens is 386 g/mol. The van der Waals surface area contributed by atoms with Crippen LogP contribution in [0.5, 0.6) is 11.5 Å². The van der Waals surface area contributed by atoms with E-state index >= 15 is 0 Å². The SMILES string of the molecule is COc1cc(C=NNc2ccc(F)cc2F)ccc1OCc1ccc(Cl)cc1. The van der Waals surface area contributed by atoms with Gasteiger partial charge >= 0.3 is 0 Å². The monoisotopic (exact) mass is 402 g/mol. The van der Waals surface area contributed by atoms with Gasteiger partial charge < -0.3 is 9.47 Å². The molecule has 0 spiro atoms. The Morgan fingerprint density at radius 1 is 1.00 bits per heavy atom. The minimum Gasteiger partial charge on any atom is -0.493 e. The summed E-state index contributed by atoms with van der Waals surface area (Å²) in [4.78, 5) is 0. The summed E-state index contributed by atoms with van der Waals surface area (Å²) in [5.41, 5.74) is 4.30. The highest BCUT2D eigenvalue weighted by molar-refractivity contribution is 6.30. The molecule has 0 radical (unpaired) electrons. The third kappa shape index (κ3) is 5.20. The Bertz CT molecular complexity index is 979. The quantitative estimate of drug-likeness (QED) is 0.410. The predicted octanol–water partition coefficient (Wildman–Crippen LogP) is 5.65. The number of hydrogen-bond acceptors (Lipinski definition) is 4. The second kappa shape index (κ2) is 9.19. The van der Waals surface area contributed by atoms with Crippen molar-refractivity contribution in [3.8, 4) is 11.5 Å². The molecule has 1 N–H and O–H groups in total. The molecular formula is C21H17ClF2N2O2. The Morgan fingerprint density at radius 2 is 1.79 bits per heavy atom. The lowest BCUT2D eigenvalue weighted by atomic mass is 10.2. The molecule has 0 heterocycles. The largest absolute Gasteiger partial charge is 0.493 e. The van der Waals surface area contributed by atoms with Crippen LogP contribution < -0.4 is 14.9 Å². The molecule has 0 aliphatic carbocycles. The fraction of sp³-hybridized carbons (Fsp3) is 0.0952. The van der Waals surface area contributed by atoms with Crippen molar-refractivity contribution in [3.63, 3.8) is 0 Å². The first-order valence-electron chi connectivity index (χ1n) is 8.34. The molecule has 4 nitrogen and oxygen atoms in total. The number of ether oxygens (including phenoxy) is 2. The molecule has 0 atom stereocenters. The molecule has 3 aromatic rings. The Morgan fingerprint density at radius 3 is 2.50 bits per heavy atom. The van der Waals surface area contributed by atoms with Crippen molar-refractivity contribution in [3.05, 3.63) is 88.4 Å². The molecule has 0 fully saturated rings. The van der Waals surface area contributed by atoms with E-state index < -0.39 is 11.6 Å². The Labute approximate surface area is 166 Å². The minimum absolute atomic E-state index is 0.0764. The van der Waals surface area contributed by atoms with Gasteiger partial charge in [-0.15, -0.1) is 0 Å². The maximum atomic E-state index is 13.6. The molecule has 0 aromatic heterocycles. The summed E-state index contributed by atoms with van der Waals surface area (Å²) < 4.78 is 37.6.